The number of thiazole rings is 1. The molecule has 0 saturated carbocycles. The number of anilines is 1. The number of halogens is 2. The SMILES string of the molecule is O=C(CSc1nc2ccccc2s1)Nc1ccc(Br)cc1F. The lowest BCUT2D eigenvalue weighted by Gasteiger charge is -2.05. The third kappa shape index (κ3) is 3.66. The minimum Gasteiger partial charge on any atom is -0.323 e. The van der Waals surface area contributed by atoms with Crippen LogP contribution in [0.25, 0.3) is 10.2 Å². The highest BCUT2D eigenvalue weighted by Gasteiger charge is 2.10. The van der Waals surface area contributed by atoms with Crippen LogP contribution in [0, 0.1) is 5.82 Å². The third-order valence-electron chi connectivity index (χ3n) is 2.81. The number of carbonyl (C=O) groups is 1. The number of nitrogens with one attached hydrogen (secondary N) is 1. The second kappa shape index (κ2) is 6.76. The standard InChI is InChI=1S/C15H10BrFN2OS2/c16-9-5-6-11(10(17)7-9)18-14(20)8-21-15-19-12-3-1-2-4-13(12)22-15/h1-7H,8H2,(H,18,20). The van der Waals surface area contributed by atoms with Gasteiger partial charge in [0.05, 0.1) is 21.7 Å². The molecule has 1 aromatic heterocycles. The molecule has 0 atom stereocenters. The van der Waals surface area contributed by atoms with Crippen molar-refractivity contribution < 1.29 is 9.18 Å². The van der Waals surface area contributed by atoms with Crippen molar-refractivity contribution in [3.63, 3.8) is 0 Å². The Morgan fingerprint density at radius 3 is 2.91 bits per heavy atom. The van der Waals surface area contributed by atoms with Gasteiger partial charge in [0.2, 0.25) is 5.91 Å². The number of fused-ring (bicyclic) bond motifs is 1. The monoisotopic (exact) mass is 396 g/mol. The number of rotatable bonds is 4. The van der Waals surface area contributed by atoms with E-state index in [0.29, 0.717) is 4.47 Å². The van der Waals surface area contributed by atoms with E-state index in [1.165, 1.54) is 23.9 Å². The van der Waals surface area contributed by atoms with Crippen molar-refractivity contribution in [1.82, 2.24) is 4.98 Å². The quantitative estimate of drug-likeness (QED) is 0.635. The maximum atomic E-state index is 13.7. The predicted octanol–water partition coefficient (Wildman–Crippen LogP) is 4.93. The van der Waals surface area contributed by atoms with Gasteiger partial charge in [-0.2, -0.15) is 0 Å². The summed E-state index contributed by atoms with van der Waals surface area (Å²) >= 11 is 6.07. The molecule has 0 spiro atoms. The van der Waals surface area contributed by atoms with Crippen LogP contribution >= 0.6 is 39.0 Å². The summed E-state index contributed by atoms with van der Waals surface area (Å²) in [6, 6.07) is 12.3. The molecule has 0 radical (unpaired) electrons. The Hall–Kier alpha value is -1.44. The lowest BCUT2D eigenvalue weighted by atomic mass is 10.3. The zero-order chi connectivity index (χ0) is 15.5. The Morgan fingerprint density at radius 1 is 1.32 bits per heavy atom. The lowest BCUT2D eigenvalue weighted by Crippen LogP contribution is -2.14. The third-order valence-corrected chi connectivity index (χ3v) is 5.48. The number of hydrogen-bond donors (Lipinski definition) is 1. The summed E-state index contributed by atoms with van der Waals surface area (Å²) in [6.45, 7) is 0. The van der Waals surface area contributed by atoms with Crippen molar-refractivity contribution in [2.75, 3.05) is 11.1 Å². The molecule has 2 aromatic carbocycles. The van der Waals surface area contributed by atoms with Gasteiger partial charge in [-0.05, 0) is 30.3 Å². The Kier molecular flexibility index (Phi) is 4.75. The second-order valence-corrected chi connectivity index (χ2v) is 7.58. The molecule has 112 valence electrons. The first-order valence-corrected chi connectivity index (χ1v) is 8.94. The molecule has 0 saturated heterocycles. The zero-order valence-corrected chi connectivity index (χ0v) is 14.4. The summed E-state index contributed by atoms with van der Waals surface area (Å²) in [5.41, 5.74) is 1.10. The first kappa shape index (κ1) is 15.5. The van der Waals surface area contributed by atoms with Crippen molar-refractivity contribution in [1.29, 1.82) is 0 Å². The van der Waals surface area contributed by atoms with E-state index in [9.17, 15) is 9.18 Å². The smallest absolute Gasteiger partial charge is 0.234 e. The van der Waals surface area contributed by atoms with E-state index in [2.05, 4.69) is 26.2 Å². The van der Waals surface area contributed by atoms with Crippen molar-refractivity contribution in [2.45, 2.75) is 4.34 Å². The Bertz CT molecular complexity index is 804. The van der Waals surface area contributed by atoms with Gasteiger partial charge >= 0.3 is 0 Å². The minimum atomic E-state index is -0.465. The average molecular weight is 397 g/mol. The summed E-state index contributed by atoms with van der Waals surface area (Å²) < 4.78 is 16.2. The molecule has 0 aliphatic heterocycles. The molecule has 1 N–H and O–H groups in total. The number of para-hydroxylation sites is 1. The highest BCUT2D eigenvalue weighted by atomic mass is 79.9. The number of hydrogen-bond acceptors (Lipinski definition) is 4. The zero-order valence-electron chi connectivity index (χ0n) is 11.2. The van der Waals surface area contributed by atoms with Crippen LogP contribution in [0.5, 0.6) is 0 Å². The van der Waals surface area contributed by atoms with Crippen LogP contribution in [0.2, 0.25) is 0 Å². The van der Waals surface area contributed by atoms with Crippen molar-refractivity contribution in [3.05, 3.63) is 52.8 Å². The summed E-state index contributed by atoms with van der Waals surface area (Å²) in [7, 11) is 0. The number of carbonyl (C=O) groups excluding carboxylic acids is 1. The van der Waals surface area contributed by atoms with Gasteiger partial charge in [0.25, 0.3) is 0 Å². The van der Waals surface area contributed by atoms with Gasteiger partial charge in [-0.3, -0.25) is 4.79 Å². The number of nitrogens with zero attached hydrogens (tertiary/aromatic N) is 1. The fraction of sp³-hybridized carbons (Fsp3) is 0.0667. The van der Waals surface area contributed by atoms with Gasteiger partial charge < -0.3 is 5.32 Å². The Labute approximate surface area is 143 Å². The highest BCUT2D eigenvalue weighted by Crippen LogP contribution is 2.29. The largest absolute Gasteiger partial charge is 0.323 e. The Balaban J connectivity index is 1.62. The number of aromatic nitrogens is 1. The van der Waals surface area contributed by atoms with Gasteiger partial charge in [0, 0.05) is 4.47 Å². The van der Waals surface area contributed by atoms with E-state index in [4.69, 9.17) is 0 Å². The van der Waals surface area contributed by atoms with Crippen LogP contribution in [0.3, 0.4) is 0 Å². The van der Waals surface area contributed by atoms with Crippen LogP contribution in [-0.4, -0.2) is 16.6 Å². The van der Waals surface area contributed by atoms with Gasteiger partial charge in [-0.25, -0.2) is 9.37 Å². The number of amides is 1. The van der Waals surface area contributed by atoms with Gasteiger partial charge in [-0.15, -0.1) is 11.3 Å². The molecule has 1 amide bonds. The molecule has 0 bridgehead atoms. The van der Waals surface area contributed by atoms with E-state index in [1.54, 1.807) is 17.4 Å². The van der Waals surface area contributed by atoms with Gasteiger partial charge in [0.1, 0.15) is 5.82 Å². The highest BCUT2D eigenvalue weighted by molar-refractivity contribution is 9.10. The molecule has 0 aliphatic carbocycles. The maximum Gasteiger partial charge on any atom is 0.234 e. The molecule has 0 aliphatic rings. The van der Waals surface area contributed by atoms with E-state index in [-0.39, 0.29) is 17.3 Å². The molecule has 22 heavy (non-hydrogen) atoms. The van der Waals surface area contributed by atoms with Crippen LogP contribution in [0.4, 0.5) is 10.1 Å². The molecule has 1 heterocycles. The molecule has 3 rings (SSSR count). The average Bonchev–Trinajstić information content (AvgIpc) is 2.91. The van der Waals surface area contributed by atoms with Crippen molar-refractivity contribution >= 4 is 60.8 Å². The molecule has 0 fully saturated rings. The first-order chi connectivity index (χ1) is 10.6. The number of thioether (sulfide) groups is 1. The Morgan fingerprint density at radius 2 is 2.14 bits per heavy atom. The van der Waals surface area contributed by atoms with E-state index < -0.39 is 5.82 Å². The molecule has 3 aromatic rings. The minimum absolute atomic E-state index is 0.179. The summed E-state index contributed by atoms with van der Waals surface area (Å²) in [6.07, 6.45) is 0. The molecule has 0 unspecified atom stereocenters. The molecular weight excluding hydrogens is 387 g/mol. The maximum absolute atomic E-state index is 13.7. The summed E-state index contributed by atoms with van der Waals surface area (Å²) in [5.74, 6) is -0.534. The fourth-order valence-corrected chi connectivity index (χ4v) is 4.02. The summed E-state index contributed by atoms with van der Waals surface area (Å²) in [5, 5.41) is 2.56. The molecular formula is C15H10BrFN2OS2. The van der Waals surface area contributed by atoms with Crippen LogP contribution < -0.4 is 5.32 Å². The molecule has 7 heteroatoms. The van der Waals surface area contributed by atoms with Crippen LogP contribution in [0.15, 0.2) is 51.3 Å². The summed E-state index contributed by atoms with van der Waals surface area (Å²) in [4.78, 5) is 16.3. The first-order valence-electron chi connectivity index (χ1n) is 6.35. The van der Waals surface area contributed by atoms with Gasteiger partial charge in [-0.1, -0.05) is 39.8 Å². The van der Waals surface area contributed by atoms with Crippen LogP contribution in [-0.2, 0) is 4.79 Å². The van der Waals surface area contributed by atoms with Crippen molar-refractivity contribution in [3.8, 4) is 0 Å². The topological polar surface area (TPSA) is 42.0 Å². The van der Waals surface area contributed by atoms with E-state index in [1.807, 2.05) is 24.3 Å². The fourth-order valence-electron chi connectivity index (χ4n) is 1.82. The predicted molar refractivity (Wildman–Crippen MR) is 93.1 cm³/mol. The normalized spacial score (nSPS) is 10.8. The van der Waals surface area contributed by atoms with Crippen LogP contribution in [0.1, 0.15) is 0 Å². The van der Waals surface area contributed by atoms with E-state index in [0.717, 1.165) is 14.6 Å². The lowest BCUT2D eigenvalue weighted by molar-refractivity contribution is -0.113. The van der Waals surface area contributed by atoms with Crippen molar-refractivity contribution in [2.24, 2.45) is 0 Å². The van der Waals surface area contributed by atoms with Gasteiger partial charge in [0.15, 0.2) is 4.34 Å². The second-order valence-electron chi connectivity index (χ2n) is 4.41. The number of benzene rings is 2. The van der Waals surface area contributed by atoms with E-state index >= 15 is 0 Å². The molecule has 3 nitrogen and oxygen atoms in total.